The lowest BCUT2D eigenvalue weighted by molar-refractivity contribution is -0.120. The summed E-state index contributed by atoms with van der Waals surface area (Å²) in [7, 11) is -2.68. The molecule has 1 N–H and O–H groups in total. The first kappa shape index (κ1) is 21.1. The van der Waals surface area contributed by atoms with Crippen molar-refractivity contribution in [3.63, 3.8) is 0 Å². The molecule has 0 aliphatic heterocycles. The molecule has 0 radical (unpaired) electrons. The molecule has 0 spiro atoms. The molecule has 1 saturated carbocycles. The summed E-state index contributed by atoms with van der Waals surface area (Å²) in [6.07, 6.45) is 5.04. The summed E-state index contributed by atoms with van der Waals surface area (Å²) in [6, 6.07) is 11.2. The molecule has 156 valence electrons. The van der Waals surface area contributed by atoms with Crippen LogP contribution in [0.4, 0.5) is 10.1 Å². The monoisotopic (exact) mass is 420 g/mol. The van der Waals surface area contributed by atoms with Gasteiger partial charge in [0.15, 0.2) is 0 Å². The summed E-state index contributed by atoms with van der Waals surface area (Å²) in [5.41, 5.74) is 0.248. The van der Waals surface area contributed by atoms with Gasteiger partial charge in [-0.15, -0.1) is 0 Å². The average molecular weight is 421 g/mol. The van der Waals surface area contributed by atoms with Crippen molar-refractivity contribution in [1.82, 2.24) is 5.32 Å². The van der Waals surface area contributed by atoms with Crippen molar-refractivity contribution in [2.24, 2.45) is 0 Å². The number of ether oxygens (including phenoxy) is 1. The van der Waals surface area contributed by atoms with E-state index in [2.05, 4.69) is 5.32 Å². The maximum absolute atomic E-state index is 13.3. The lowest BCUT2D eigenvalue weighted by atomic mass is 9.95. The Bertz CT molecular complexity index is 941. The van der Waals surface area contributed by atoms with Gasteiger partial charge < -0.3 is 10.1 Å². The third-order valence-corrected chi connectivity index (χ3v) is 6.79. The zero-order chi connectivity index (χ0) is 20.9. The summed E-state index contributed by atoms with van der Waals surface area (Å²) in [5, 5.41) is 2.94. The molecule has 0 saturated heterocycles. The van der Waals surface area contributed by atoms with Crippen LogP contribution in [0.25, 0.3) is 0 Å². The Morgan fingerprint density at radius 1 is 1.10 bits per heavy atom. The molecule has 0 atom stereocenters. The number of anilines is 1. The summed E-state index contributed by atoms with van der Waals surface area (Å²) in [5.74, 6) is -0.597. The highest BCUT2D eigenvalue weighted by Gasteiger charge is 2.30. The Morgan fingerprint density at radius 3 is 2.41 bits per heavy atom. The molecule has 6 nitrogen and oxygen atoms in total. The van der Waals surface area contributed by atoms with E-state index in [1.807, 2.05) is 0 Å². The molecular formula is C21H25FN2O4S. The van der Waals surface area contributed by atoms with Crippen LogP contribution < -0.4 is 14.4 Å². The van der Waals surface area contributed by atoms with Crippen LogP contribution in [0.5, 0.6) is 5.75 Å². The molecule has 8 heteroatoms. The number of methoxy groups -OCH3 is 1. The maximum Gasteiger partial charge on any atom is 0.264 e. The number of amides is 1. The van der Waals surface area contributed by atoms with Crippen molar-refractivity contribution in [1.29, 1.82) is 0 Å². The third-order valence-electron chi connectivity index (χ3n) is 5.01. The van der Waals surface area contributed by atoms with Gasteiger partial charge in [-0.3, -0.25) is 9.10 Å². The largest absolute Gasteiger partial charge is 0.495 e. The summed E-state index contributed by atoms with van der Waals surface area (Å²) >= 11 is 0. The van der Waals surface area contributed by atoms with Gasteiger partial charge in [-0.2, -0.15) is 0 Å². The van der Waals surface area contributed by atoms with Gasteiger partial charge in [0.05, 0.1) is 17.7 Å². The van der Waals surface area contributed by atoms with Crippen LogP contribution in [0.2, 0.25) is 0 Å². The van der Waals surface area contributed by atoms with Gasteiger partial charge in [0.2, 0.25) is 5.91 Å². The van der Waals surface area contributed by atoms with Crippen molar-refractivity contribution in [3.8, 4) is 5.75 Å². The first-order valence-corrected chi connectivity index (χ1v) is 11.1. The number of hydrogen-bond donors (Lipinski definition) is 1. The highest BCUT2D eigenvalue weighted by atomic mass is 32.2. The van der Waals surface area contributed by atoms with Crippen molar-refractivity contribution in [2.75, 3.05) is 18.0 Å². The van der Waals surface area contributed by atoms with E-state index in [-0.39, 0.29) is 22.5 Å². The molecule has 1 amide bonds. The predicted molar refractivity (Wildman–Crippen MR) is 109 cm³/mol. The van der Waals surface area contributed by atoms with Gasteiger partial charge in [0, 0.05) is 6.04 Å². The standard InChI is InChI=1S/C21H25FN2O4S/c1-28-20-10-6-5-9-19(20)24(15-21(25)23-17-7-3-2-4-8-17)29(26,27)18-13-11-16(22)12-14-18/h5-6,9-14,17H,2-4,7-8,15H2,1H3,(H,23,25). The van der Waals surface area contributed by atoms with Gasteiger partial charge in [0.25, 0.3) is 10.0 Å². The zero-order valence-electron chi connectivity index (χ0n) is 16.3. The Balaban J connectivity index is 1.93. The second kappa shape index (κ2) is 9.26. The molecule has 2 aromatic carbocycles. The van der Waals surface area contributed by atoms with Crippen molar-refractivity contribution >= 4 is 21.6 Å². The van der Waals surface area contributed by atoms with Crippen molar-refractivity contribution in [3.05, 3.63) is 54.3 Å². The van der Waals surface area contributed by atoms with Gasteiger partial charge in [-0.1, -0.05) is 31.4 Å². The van der Waals surface area contributed by atoms with Gasteiger partial charge in [-0.25, -0.2) is 12.8 Å². The summed E-state index contributed by atoms with van der Waals surface area (Å²) < 4.78 is 46.2. The normalized spacial score (nSPS) is 15.0. The fourth-order valence-electron chi connectivity index (χ4n) is 3.52. The van der Waals surface area contributed by atoms with Crippen LogP contribution in [0.15, 0.2) is 53.4 Å². The number of carbonyl (C=O) groups excluding carboxylic acids is 1. The minimum absolute atomic E-state index is 0.0595. The van der Waals surface area contributed by atoms with Crippen molar-refractivity contribution in [2.45, 2.75) is 43.0 Å². The number of benzene rings is 2. The van der Waals surface area contributed by atoms with Crippen LogP contribution in [0.1, 0.15) is 32.1 Å². The lowest BCUT2D eigenvalue weighted by Gasteiger charge is -2.28. The highest BCUT2D eigenvalue weighted by Crippen LogP contribution is 2.32. The quantitative estimate of drug-likeness (QED) is 0.744. The molecule has 0 unspecified atom stereocenters. The number of sulfonamides is 1. The Morgan fingerprint density at radius 2 is 1.76 bits per heavy atom. The SMILES string of the molecule is COc1ccccc1N(CC(=O)NC1CCCCC1)S(=O)(=O)c1ccc(F)cc1. The van der Waals surface area contributed by atoms with Crippen LogP contribution in [-0.4, -0.2) is 34.0 Å². The van der Waals surface area contributed by atoms with Gasteiger partial charge >= 0.3 is 0 Å². The molecule has 0 bridgehead atoms. The number of rotatable bonds is 7. The van der Waals surface area contributed by atoms with Gasteiger partial charge in [-0.05, 0) is 49.2 Å². The van der Waals surface area contributed by atoms with E-state index in [0.717, 1.165) is 48.5 Å². The molecule has 1 aliphatic carbocycles. The zero-order valence-corrected chi connectivity index (χ0v) is 17.1. The fourth-order valence-corrected chi connectivity index (χ4v) is 4.95. The number of hydrogen-bond acceptors (Lipinski definition) is 4. The molecule has 1 fully saturated rings. The number of para-hydroxylation sites is 2. The summed E-state index contributed by atoms with van der Waals surface area (Å²) in [6.45, 7) is -0.392. The van der Waals surface area contributed by atoms with E-state index in [9.17, 15) is 17.6 Å². The molecule has 0 aromatic heterocycles. The second-order valence-corrected chi connectivity index (χ2v) is 8.90. The van der Waals surface area contributed by atoms with E-state index in [0.29, 0.717) is 5.75 Å². The Hall–Kier alpha value is -2.61. The van der Waals surface area contributed by atoms with E-state index in [4.69, 9.17) is 4.74 Å². The van der Waals surface area contributed by atoms with Crippen LogP contribution in [0, 0.1) is 5.82 Å². The second-order valence-electron chi connectivity index (χ2n) is 7.04. The van der Waals surface area contributed by atoms with Crippen LogP contribution in [-0.2, 0) is 14.8 Å². The van der Waals surface area contributed by atoms with E-state index in [1.54, 1.807) is 24.3 Å². The number of nitrogens with zero attached hydrogens (tertiary/aromatic N) is 1. The average Bonchev–Trinajstić information content (AvgIpc) is 2.73. The maximum atomic E-state index is 13.3. The molecule has 2 aromatic rings. The van der Waals surface area contributed by atoms with E-state index >= 15 is 0 Å². The molecular weight excluding hydrogens is 395 g/mol. The first-order chi connectivity index (χ1) is 13.9. The minimum Gasteiger partial charge on any atom is -0.495 e. The van der Waals surface area contributed by atoms with E-state index < -0.39 is 22.4 Å². The lowest BCUT2D eigenvalue weighted by Crippen LogP contribution is -2.45. The third kappa shape index (κ3) is 5.06. The van der Waals surface area contributed by atoms with Gasteiger partial charge in [0.1, 0.15) is 18.1 Å². The van der Waals surface area contributed by atoms with E-state index in [1.165, 1.54) is 19.2 Å². The highest BCUT2D eigenvalue weighted by molar-refractivity contribution is 7.92. The number of halogens is 1. The molecule has 3 rings (SSSR count). The Labute approximate surface area is 170 Å². The number of nitrogens with one attached hydrogen (secondary N) is 1. The minimum atomic E-state index is -4.11. The smallest absolute Gasteiger partial charge is 0.264 e. The van der Waals surface area contributed by atoms with Crippen molar-refractivity contribution < 1.29 is 22.3 Å². The molecule has 1 aliphatic rings. The van der Waals surface area contributed by atoms with Crippen LogP contribution >= 0.6 is 0 Å². The number of carbonyl (C=O) groups is 1. The summed E-state index contributed by atoms with van der Waals surface area (Å²) in [4.78, 5) is 12.6. The van der Waals surface area contributed by atoms with Crippen LogP contribution in [0.3, 0.4) is 0 Å². The topological polar surface area (TPSA) is 75.7 Å². The Kier molecular flexibility index (Phi) is 6.74. The molecule has 29 heavy (non-hydrogen) atoms. The molecule has 0 heterocycles. The predicted octanol–water partition coefficient (Wildman–Crippen LogP) is 3.48. The first-order valence-electron chi connectivity index (χ1n) is 9.62. The fraction of sp³-hybridized carbons (Fsp3) is 0.381.